The number of hydrogen-bond donors (Lipinski definition) is 2. The lowest BCUT2D eigenvalue weighted by atomic mass is 10.1. The maximum Gasteiger partial charge on any atom is 0.333 e. The second-order valence-corrected chi connectivity index (χ2v) is 5.71. The second kappa shape index (κ2) is 6.62. The van der Waals surface area contributed by atoms with E-state index in [1.54, 1.807) is 19.2 Å². The predicted octanol–water partition coefficient (Wildman–Crippen LogP) is 0.598. The van der Waals surface area contributed by atoms with Crippen LogP contribution in [0, 0.1) is 0 Å². The SMILES string of the molecule is CCNC(=O)[C@]1(O)OCCN1c1ccc(N2C=CC(=O)CC2)cc1. The first-order valence-corrected chi connectivity index (χ1v) is 8.04. The first-order valence-electron chi connectivity index (χ1n) is 8.04. The van der Waals surface area contributed by atoms with Gasteiger partial charge in [0.05, 0.1) is 6.61 Å². The molecule has 0 spiro atoms. The van der Waals surface area contributed by atoms with Crippen molar-refractivity contribution in [2.75, 3.05) is 36.0 Å². The third-order valence-electron chi connectivity index (χ3n) is 4.15. The van der Waals surface area contributed by atoms with Crippen LogP contribution in [0.2, 0.25) is 0 Å². The monoisotopic (exact) mass is 331 g/mol. The van der Waals surface area contributed by atoms with Gasteiger partial charge in [-0.2, -0.15) is 0 Å². The molecule has 7 heteroatoms. The van der Waals surface area contributed by atoms with E-state index in [-0.39, 0.29) is 12.4 Å². The minimum Gasteiger partial charge on any atom is -0.350 e. The lowest BCUT2D eigenvalue weighted by Crippen LogP contribution is -2.56. The van der Waals surface area contributed by atoms with E-state index in [0.717, 1.165) is 5.69 Å². The number of hydrogen-bond acceptors (Lipinski definition) is 6. The number of rotatable bonds is 4. The van der Waals surface area contributed by atoms with Crippen molar-refractivity contribution in [3.05, 3.63) is 36.5 Å². The van der Waals surface area contributed by atoms with Crippen LogP contribution in [0.5, 0.6) is 0 Å². The van der Waals surface area contributed by atoms with Gasteiger partial charge in [0.2, 0.25) is 0 Å². The maximum atomic E-state index is 12.1. The van der Waals surface area contributed by atoms with Gasteiger partial charge in [0, 0.05) is 43.6 Å². The molecule has 1 saturated heterocycles. The molecule has 1 atom stereocenters. The number of aliphatic hydroxyl groups is 1. The molecule has 24 heavy (non-hydrogen) atoms. The van der Waals surface area contributed by atoms with Crippen LogP contribution in [0.4, 0.5) is 11.4 Å². The Labute approximate surface area is 140 Å². The van der Waals surface area contributed by atoms with E-state index >= 15 is 0 Å². The van der Waals surface area contributed by atoms with Gasteiger partial charge < -0.3 is 25.0 Å². The summed E-state index contributed by atoms with van der Waals surface area (Å²) in [6.07, 6.45) is 3.83. The van der Waals surface area contributed by atoms with E-state index in [4.69, 9.17) is 4.74 Å². The van der Waals surface area contributed by atoms with E-state index in [9.17, 15) is 14.7 Å². The van der Waals surface area contributed by atoms with Crippen LogP contribution in [0.25, 0.3) is 0 Å². The molecule has 128 valence electrons. The number of amides is 1. The second-order valence-electron chi connectivity index (χ2n) is 5.71. The molecule has 0 unspecified atom stereocenters. The van der Waals surface area contributed by atoms with Crippen molar-refractivity contribution < 1.29 is 19.4 Å². The third-order valence-corrected chi connectivity index (χ3v) is 4.15. The molecule has 3 rings (SSSR count). The number of nitrogens with one attached hydrogen (secondary N) is 1. The highest BCUT2D eigenvalue weighted by Gasteiger charge is 2.48. The van der Waals surface area contributed by atoms with Gasteiger partial charge in [-0.1, -0.05) is 0 Å². The largest absolute Gasteiger partial charge is 0.350 e. The molecule has 1 fully saturated rings. The van der Waals surface area contributed by atoms with Gasteiger partial charge in [0.25, 0.3) is 0 Å². The number of carbonyl (C=O) groups excluding carboxylic acids is 2. The average Bonchev–Trinajstić information content (AvgIpc) is 2.99. The Morgan fingerprint density at radius 2 is 2.00 bits per heavy atom. The minimum absolute atomic E-state index is 0.129. The van der Waals surface area contributed by atoms with Gasteiger partial charge in [-0.05, 0) is 37.3 Å². The van der Waals surface area contributed by atoms with Crippen molar-refractivity contribution in [2.24, 2.45) is 0 Å². The number of ether oxygens (including phenoxy) is 1. The zero-order chi connectivity index (χ0) is 17.2. The summed E-state index contributed by atoms with van der Waals surface area (Å²) >= 11 is 0. The summed E-state index contributed by atoms with van der Waals surface area (Å²) in [5.74, 6) is -2.41. The zero-order valence-electron chi connectivity index (χ0n) is 13.6. The number of nitrogens with zero attached hydrogens (tertiary/aromatic N) is 2. The van der Waals surface area contributed by atoms with Crippen molar-refractivity contribution in [3.8, 4) is 0 Å². The van der Waals surface area contributed by atoms with Crippen molar-refractivity contribution in [1.29, 1.82) is 0 Å². The average molecular weight is 331 g/mol. The quantitative estimate of drug-likeness (QED) is 0.841. The van der Waals surface area contributed by atoms with Crippen LogP contribution in [0.1, 0.15) is 13.3 Å². The molecular weight excluding hydrogens is 310 g/mol. The summed E-state index contributed by atoms with van der Waals surface area (Å²) < 4.78 is 5.29. The lowest BCUT2D eigenvalue weighted by molar-refractivity contribution is -0.187. The first-order chi connectivity index (χ1) is 11.5. The molecular formula is C17H21N3O4. The highest BCUT2D eigenvalue weighted by atomic mass is 16.7. The standard InChI is InChI=1S/C17H21N3O4/c1-2-18-16(22)17(23)20(11-12-24-17)14-5-3-13(4-6-14)19-9-7-15(21)8-10-19/h3-7,9,23H,2,8,10-12H2,1H3,(H,18,22)/t17-/m0/s1. The summed E-state index contributed by atoms with van der Waals surface area (Å²) in [6.45, 7) is 3.53. The number of ketones is 1. The third kappa shape index (κ3) is 3.00. The molecule has 0 aliphatic carbocycles. The maximum absolute atomic E-state index is 12.1. The molecule has 2 N–H and O–H groups in total. The number of anilines is 2. The Hall–Kier alpha value is -2.38. The summed E-state index contributed by atoms with van der Waals surface area (Å²) in [7, 11) is 0. The van der Waals surface area contributed by atoms with Gasteiger partial charge in [0.15, 0.2) is 5.78 Å². The van der Waals surface area contributed by atoms with Gasteiger partial charge in [-0.25, -0.2) is 0 Å². The fraction of sp³-hybridized carbons (Fsp3) is 0.412. The van der Waals surface area contributed by atoms with Crippen LogP contribution >= 0.6 is 0 Å². The highest BCUT2D eigenvalue weighted by molar-refractivity contribution is 5.91. The molecule has 0 bridgehead atoms. The van der Waals surface area contributed by atoms with Crippen molar-refractivity contribution >= 4 is 23.1 Å². The molecule has 2 heterocycles. The molecule has 0 aromatic heterocycles. The summed E-state index contributed by atoms with van der Waals surface area (Å²) in [5.41, 5.74) is 1.64. The van der Waals surface area contributed by atoms with E-state index in [2.05, 4.69) is 5.32 Å². The Morgan fingerprint density at radius 3 is 2.62 bits per heavy atom. The van der Waals surface area contributed by atoms with E-state index in [1.807, 2.05) is 29.2 Å². The zero-order valence-corrected chi connectivity index (χ0v) is 13.6. The van der Waals surface area contributed by atoms with Crippen LogP contribution in [0.15, 0.2) is 36.5 Å². The van der Waals surface area contributed by atoms with Crippen LogP contribution in [-0.4, -0.2) is 48.9 Å². The summed E-state index contributed by atoms with van der Waals surface area (Å²) in [5, 5.41) is 13.2. The number of benzene rings is 1. The van der Waals surface area contributed by atoms with Crippen LogP contribution in [-0.2, 0) is 14.3 Å². The molecule has 1 amide bonds. The number of carbonyl (C=O) groups is 2. The first kappa shape index (κ1) is 16.5. The molecule has 7 nitrogen and oxygen atoms in total. The highest BCUT2D eigenvalue weighted by Crippen LogP contribution is 2.30. The normalized spacial score (nSPS) is 23.7. The Bertz CT molecular complexity index is 658. The summed E-state index contributed by atoms with van der Waals surface area (Å²) in [6, 6.07) is 7.45. The molecule has 1 aromatic rings. The van der Waals surface area contributed by atoms with E-state index in [0.29, 0.717) is 31.7 Å². The fourth-order valence-corrected chi connectivity index (χ4v) is 2.88. The van der Waals surface area contributed by atoms with Gasteiger partial charge in [-0.3, -0.25) is 9.59 Å². The van der Waals surface area contributed by atoms with E-state index < -0.39 is 11.8 Å². The predicted molar refractivity (Wildman–Crippen MR) is 89.5 cm³/mol. The Morgan fingerprint density at radius 1 is 1.29 bits per heavy atom. The lowest BCUT2D eigenvalue weighted by Gasteiger charge is -2.32. The Balaban J connectivity index is 1.79. The molecule has 0 saturated carbocycles. The Kier molecular flexibility index (Phi) is 4.55. The molecule has 2 aliphatic heterocycles. The van der Waals surface area contributed by atoms with Gasteiger partial charge >= 0.3 is 11.8 Å². The minimum atomic E-state index is -1.98. The van der Waals surface area contributed by atoms with E-state index in [1.165, 1.54) is 4.90 Å². The number of allylic oxidation sites excluding steroid dienone is 1. The van der Waals surface area contributed by atoms with Crippen LogP contribution < -0.4 is 15.1 Å². The molecule has 0 radical (unpaired) electrons. The fourth-order valence-electron chi connectivity index (χ4n) is 2.88. The molecule has 1 aromatic carbocycles. The topological polar surface area (TPSA) is 82.1 Å². The number of likely N-dealkylation sites (N-methyl/N-ethyl adjacent to an activating group) is 1. The van der Waals surface area contributed by atoms with Crippen molar-refractivity contribution in [1.82, 2.24) is 5.32 Å². The summed E-state index contributed by atoms with van der Waals surface area (Å²) in [4.78, 5) is 26.9. The molecule has 2 aliphatic rings. The smallest absolute Gasteiger partial charge is 0.333 e. The van der Waals surface area contributed by atoms with Gasteiger partial charge in [-0.15, -0.1) is 0 Å². The van der Waals surface area contributed by atoms with Gasteiger partial charge in [0.1, 0.15) is 0 Å². The van der Waals surface area contributed by atoms with Crippen molar-refractivity contribution in [3.63, 3.8) is 0 Å². The van der Waals surface area contributed by atoms with Crippen molar-refractivity contribution in [2.45, 2.75) is 19.3 Å². The van der Waals surface area contributed by atoms with Crippen LogP contribution in [0.3, 0.4) is 0 Å².